The smallest absolute Gasteiger partial charge is 0.273 e. The van der Waals surface area contributed by atoms with Gasteiger partial charge in [-0.25, -0.2) is 18.4 Å². The molecular weight excluding hydrogens is 320 g/mol. The molecule has 1 aromatic heterocycles. The number of nitro benzene ring substituents is 1. The van der Waals surface area contributed by atoms with E-state index in [1.54, 1.807) is 13.0 Å². The van der Waals surface area contributed by atoms with Gasteiger partial charge in [-0.15, -0.1) is 0 Å². The number of hydrogen-bond donors (Lipinski definition) is 1. The van der Waals surface area contributed by atoms with Crippen molar-refractivity contribution in [3.05, 3.63) is 51.6 Å². The predicted molar refractivity (Wildman–Crippen MR) is 75.7 cm³/mol. The number of rotatable bonds is 4. The first-order valence-electron chi connectivity index (χ1n) is 5.55. The van der Waals surface area contributed by atoms with Crippen LogP contribution in [0, 0.1) is 17.0 Å². The molecule has 0 aliphatic rings. The van der Waals surface area contributed by atoms with Crippen molar-refractivity contribution < 1.29 is 13.3 Å². The SMILES string of the molecule is Cc1ccc(NS(=O)(=O)c2cnc(Cl)nc2)c([N+](=O)[O-])c1. The number of nitrogens with zero attached hydrogens (tertiary/aromatic N) is 3. The molecule has 0 spiro atoms. The van der Waals surface area contributed by atoms with Crippen LogP contribution in [0.3, 0.4) is 0 Å². The summed E-state index contributed by atoms with van der Waals surface area (Å²) >= 11 is 5.48. The summed E-state index contributed by atoms with van der Waals surface area (Å²) in [6.07, 6.45) is 2.02. The van der Waals surface area contributed by atoms with Crippen molar-refractivity contribution in [2.45, 2.75) is 11.8 Å². The molecule has 0 radical (unpaired) electrons. The molecule has 8 nitrogen and oxygen atoms in total. The van der Waals surface area contributed by atoms with Gasteiger partial charge in [0.15, 0.2) is 0 Å². The molecule has 0 amide bonds. The van der Waals surface area contributed by atoms with Crippen LogP contribution in [0.4, 0.5) is 11.4 Å². The zero-order valence-corrected chi connectivity index (χ0v) is 12.2. The van der Waals surface area contributed by atoms with Crippen molar-refractivity contribution in [3.8, 4) is 0 Å². The molecule has 110 valence electrons. The molecule has 0 bridgehead atoms. The highest BCUT2D eigenvalue weighted by Gasteiger charge is 2.21. The maximum Gasteiger partial charge on any atom is 0.293 e. The number of benzene rings is 1. The standard InChI is InChI=1S/C11H9ClN4O4S/c1-7-2-3-9(10(4-7)16(17)18)15-21(19,20)8-5-13-11(12)14-6-8/h2-6,15H,1H3. The molecule has 0 unspecified atom stereocenters. The largest absolute Gasteiger partial charge is 0.293 e. The molecule has 1 aromatic carbocycles. The number of aromatic nitrogens is 2. The average molecular weight is 329 g/mol. The Hall–Kier alpha value is -2.26. The van der Waals surface area contributed by atoms with Gasteiger partial charge in [0.05, 0.1) is 17.3 Å². The number of halogens is 1. The zero-order chi connectivity index (χ0) is 15.6. The number of nitro groups is 1. The highest BCUT2D eigenvalue weighted by atomic mass is 35.5. The van der Waals surface area contributed by atoms with Crippen LogP contribution in [0.15, 0.2) is 35.5 Å². The van der Waals surface area contributed by atoms with Crippen LogP contribution in [0.25, 0.3) is 0 Å². The lowest BCUT2D eigenvalue weighted by molar-refractivity contribution is -0.383. The van der Waals surface area contributed by atoms with Crippen molar-refractivity contribution >= 4 is 33.0 Å². The van der Waals surface area contributed by atoms with Gasteiger partial charge in [0.25, 0.3) is 15.7 Å². The second-order valence-corrected chi connectivity index (χ2v) is 6.09. The molecule has 0 atom stereocenters. The van der Waals surface area contributed by atoms with Gasteiger partial charge < -0.3 is 0 Å². The lowest BCUT2D eigenvalue weighted by atomic mass is 10.2. The summed E-state index contributed by atoms with van der Waals surface area (Å²) in [5.41, 5.74) is 0.161. The van der Waals surface area contributed by atoms with Gasteiger partial charge in [-0.05, 0) is 30.2 Å². The summed E-state index contributed by atoms with van der Waals surface area (Å²) in [6.45, 7) is 1.66. The summed E-state index contributed by atoms with van der Waals surface area (Å²) < 4.78 is 26.4. The van der Waals surface area contributed by atoms with Crippen LogP contribution in [-0.4, -0.2) is 23.3 Å². The van der Waals surface area contributed by atoms with E-state index in [-0.39, 0.29) is 21.6 Å². The maximum atomic E-state index is 12.1. The fourth-order valence-electron chi connectivity index (χ4n) is 1.52. The van der Waals surface area contributed by atoms with E-state index in [1.165, 1.54) is 12.1 Å². The molecule has 0 fully saturated rings. The first kappa shape index (κ1) is 15.1. The summed E-state index contributed by atoms with van der Waals surface area (Å²) in [7, 11) is -4.04. The maximum absolute atomic E-state index is 12.1. The molecule has 21 heavy (non-hydrogen) atoms. The Morgan fingerprint density at radius 2 is 1.90 bits per heavy atom. The van der Waals surface area contributed by atoms with E-state index < -0.39 is 14.9 Å². The van der Waals surface area contributed by atoms with E-state index in [0.717, 1.165) is 12.4 Å². The van der Waals surface area contributed by atoms with Gasteiger partial charge in [0.1, 0.15) is 10.6 Å². The third kappa shape index (κ3) is 3.44. The number of sulfonamides is 1. The van der Waals surface area contributed by atoms with Gasteiger partial charge in [-0.2, -0.15) is 0 Å². The topological polar surface area (TPSA) is 115 Å². The van der Waals surface area contributed by atoms with E-state index in [9.17, 15) is 18.5 Å². The molecule has 2 aromatic rings. The van der Waals surface area contributed by atoms with Gasteiger partial charge in [-0.3, -0.25) is 14.8 Å². The average Bonchev–Trinajstić information content (AvgIpc) is 2.41. The van der Waals surface area contributed by atoms with Gasteiger partial charge >= 0.3 is 0 Å². The Bertz CT molecular complexity index is 792. The molecule has 10 heteroatoms. The van der Waals surface area contributed by atoms with Crippen molar-refractivity contribution in [1.29, 1.82) is 0 Å². The second kappa shape index (κ2) is 5.62. The first-order valence-corrected chi connectivity index (χ1v) is 7.41. The van der Waals surface area contributed by atoms with E-state index >= 15 is 0 Å². The molecule has 2 rings (SSSR count). The fourth-order valence-corrected chi connectivity index (χ4v) is 2.58. The van der Waals surface area contributed by atoms with Gasteiger partial charge in [-0.1, -0.05) is 6.07 Å². The minimum absolute atomic E-state index is 0.102. The van der Waals surface area contributed by atoms with Crippen molar-refractivity contribution in [1.82, 2.24) is 9.97 Å². The predicted octanol–water partition coefficient (Wildman–Crippen LogP) is 2.15. The Kier molecular flexibility index (Phi) is 4.05. The highest BCUT2D eigenvalue weighted by Crippen LogP contribution is 2.27. The minimum Gasteiger partial charge on any atom is -0.273 e. The summed E-state index contributed by atoms with van der Waals surface area (Å²) in [4.78, 5) is 17.2. The molecule has 0 aliphatic carbocycles. The fraction of sp³-hybridized carbons (Fsp3) is 0.0909. The minimum atomic E-state index is -4.04. The summed E-state index contributed by atoms with van der Waals surface area (Å²) in [6, 6.07) is 4.15. The second-order valence-electron chi connectivity index (χ2n) is 4.07. The molecule has 0 saturated carbocycles. The van der Waals surface area contributed by atoms with Crippen LogP contribution in [-0.2, 0) is 10.0 Å². The van der Waals surface area contributed by atoms with Crippen LogP contribution in [0.2, 0.25) is 5.28 Å². The number of anilines is 1. The quantitative estimate of drug-likeness (QED) is 0.522. The Labute approximate surface area is 125 Å². The Morgan fingerprint density at radius 3 is 2.48 bits per heavy atom. The van der Waals surface area contributed by atoms with Crippen molar-refractivity contribution in [3.63, 3.8) is 0 Å². The van der Waals surface area contributed by atoms with Gasteiger partial charge in [0.2, 0.25) is 5.28 Å². The monoisotopic (exact) mass is 328 g/mol. The summed E-state index contributed by atoms with van der Waals surface area (Å²) in [5.74, 6) is 0. The lowest BCUT2D eigenvalue weighted by Crippen LogP contribution is -2.14. The molecule has 0 saturated heterocycles. The molecule has 0 aliphatic heterocycles. The van der Waals surface area contributed by atoms with Crippen molar-refractivity contribution in [2.75, 3.05) is 4.72 Å². The lowest BCUT2D eigenvalue weighted by Gasteiger charge is -2.08. The molecular formula is C11H9ClN4O4S. The van der Waals surface area contributed by atoms with Crippen LogP contribution >= 0.6 is 11.6 Å². The van der Waals surface area contributed by atoms with Gasteiger partial charge in [0, 0.05) is 6.07 Å². The Morgan fingerprint density at radius 1 is 1.29 bits per heavy atom. The molecule has 1 heterocycles. The van der Waals surface area contributed by atoms with E-state index in [2.05, 4.69) is 14.7 Å². The van der Waals surface area contributed by atoms with E-state index in [1.807, 2.05) is 0 Å². The molecule has 1 N–H and O–H groups in total. The van der Waals surface area contributed by atoms with Crippen LogP contribution < -0.4 is 4.72 Å². The first-order chi connectivity index (χ1) is 9.79. The third-order valence-electron chi connectivity index (χ3n) is 2.50. The zero-order valence-electron chi connectivity index (χ0n) is 10.6. The van der Waals surface area contributed by atoms with Crippen molar-refractivity contribution in [2.24, 2.45) is 0 Å². The number of hydrogen-bond acceptors (Lipinski definition) is 6. The van der Waals surface area contributed by atoms with E-state index in [0.29, 0.717) is 5.56 Å². The van der Waals surface area contributed by atoms with Crippen LogP contribution in [0.5, 0.6) is 0 Å². The summed E-state index contributed by atoms with van der Waals surface area (Å²) in [5, 5.41) is 10.9. The normalized spacial score (nSPS) is 11.1. The third-order valence-corrected chi connectivity index (χ3v) is 4.02. The Balaban J connectivity index is 2.41. The number of aryl methyl sites for hydroxylation is 1. The highest BCUT2D eigenvalue weighted by molar-refractivity contribution is 7.92. The number of nitrogens with one attached hydrogen (secondary N) is 1. The van der Waals surface area contributed by atoms with E-state index in [4.69, 9.17) is 11.6 Å². The van der Waals surface area contributed by atoms with Crippen LogP contribution in [0.1, 0.15) is 5.56 Å².